The molecule has 0 fully saturated rings. The number of aromatic amines is 1. The summed E-state index contributed by atoms with van der Waals surface area (Å²) in [5.41, 5.74) is 2.96. The molecule has 0 aliphatic carbocycles. The topological polar surface area (TPSA) is 98.8 Å². The number of imidazole rings is 1. The second-order valence-corrected chi connectivity index (χ2v) is 6.69. The van der Waals surface area contributed by atoms with E-state index in [4.69, 9.17) is 9.84 Å². The first-order valence-corrected chi connectivity index (χ1v) is 8.84. The molecule has 8 heteroatoms. The summed E-state index contributed by atoms with van der Waals surface area (Å²) in [7, 11) is 3.55. The Hall–Kier alpha value is -2.71. The van der Waals surface area contributed by atoms with Gasteiger partial charge in [-0.2, -0.15) is 0 Å². The van der Waals surface area contributed by atoms with Crippen molar-refractivity contribution in [2.45, 2.75) is 13.0 Å². The molecular formula is C19H24N4O4. The molecular weight excluding hydrogens is 348 g/mol. The first kappa shape index (κ1) is 19.1. The van der Waals surface area contributed by atoms with Gasteiger partial charge in [-0.1, -0.05) is 12.1 Å². The maximum atomic E-state index is 12.5. The largest absolute Gasteiger partial charge is 0.478 e. The number of ether oxygens (including phenoxy) is 1. The molecule has 1 amide bonds. The number of methoxy groups -OCH3 is 1. The number of carboxylic acids is 1. The number of hydrogen-bond acceptors (Lipinski definition) is 5. The fourth-order valence-corrected chi connectivity index (χ4v) is 3.07. The fourth-order valence-electron chi connectivity index (χ4n) is 3.07. The molecule has 2 N–H and O–H groups in total. The number of carboxylic acid groups (broad SMARTS) is 1. The Morgan fingerprint density at radius 3 is 2.74 bits per heavy atom. The van der Waals surface area contributed by atoms with Crippen LogP contribution in [0, 0.1) is 0 Å². The average Bonchev–Trinajstić information content (AvgIpc) is 3.09. The summed E-state index contributed by atoms with van der Waals surface area (Å²) in [5.74, 6) is -0.172. The lowest BCUT2D eigenvalue weighted by Crippen LogP contribution is -2.42. The van der Waals surface area contributed by atoms with Gasteiger partial charge in [-0.3, -0.25) is 9.69 Å². The normalized spacial score (nSPS) is 13.7. The van der Waals surface area contributed by atoms with Crippen LogP contribution in [0.5, 0.6) is 0 Å². The third kappa shape index (κ3) is 4.53. The molecule has 2 aromatic rings. The van der Waals surface area contributed by atoms with E-state index in [1.807, 2.05) is 16.8 Å². The van der Waals surface area contributed by atoms with Crippen molar-refractivity contribution in [1.29, 1.82) is 0 Å². The van der Waals surface area contributed by atoms with Gasteiger partial charge < -0.3 is 19.7 Å². The minimum Gasteiger partial charge on any atom is -0.478 e. The van der Waals surface area contributed by atoms with E-state index in [9.17, 15) is 9.59 Å². The molecule has 0 atom stereocenters. The number of aromatic carboxylic acids is 1. The Labute approximate surface area is 157 Å². The number of benzene rings is 1. The Balaban J connectivity index is 1.66. The molecule has 27 heavy (non-hydrogen) atoms. The molecule has 1 aliphatic rings. The van der Waals surface area contributed by atoms with Gasteiger partial charge in [0.1, 0.15) is 5.82 Å². The van der Waals surface area contributed by atoms with Crippen molar-refractivity contribution < 1.29 is 19.4 Å². The quantitative estimate of drug-likeness (QED) is 0.759. The Morgan fingerprint density at radius 2 is 2.07 bits per heavy atom. The molecule has 0 unspecified atom stereocenters. The zero-order chi connectivity index (χ0) is 19.4. The van der Waals surface area contributed by atoms with Crippen molar-refractivity contribution in [3.8, 4) is 11.4 Å². The molecule has 0 bridgehead atoms. The summed E-state index contributed by atoms with van der Waals surface area (Å²) < 4.78 is 5.04. The van der Waals surface area contributed by atoms with E-state index >= 15 is 0 Å². The summed E-state index contributed by atoms with van der Waals surface area (Å²) in [6.07, 6.45) is 0.701. The second-order valence-electron chi connectivity index (χ2n) is 6.69. The van der Waals surface area contributed by atoms with Gasteiger partial charge in [-0.25, -0.2) is 9.78 Å². The van der Waals surface area contributed by atoms with Crippen LogP contribution in [0.15, 0.2) is 24.3 Å². The number of likely N-dealkylation sites (N-methyl/N-ethyl adjacent to an activating group) is 1. The van der Waals surface area contributed by atoms with Gasteiger partial charge in [0.15, 0.2) is 0 Å². The lowest BCUT2D eigenvalue weighted by atomic mass is 10.1. The van der Waals surface area contributed by atoms with Crippen molar-refractivity contribution >= 4 is 11.9 Å². The molecule has 3 rings (SSSR count). The SMILES string of the molecule is COCCN(C)CC(=O)N1CCc2nc(-c3ccc(C(=O)O)cc3)[nH]c2C1. The summed E-state index contributed by atoms with van der Waals surface area (Å²) in [6, 6.07) is 6.60. The van der Waals surface area contributed by atoms with Crippen LogP contribution < -0.4 is 0 Å². The minimum absolute atomic E-state index is 0.0845. The number of H-pyrrole nitrogens is 1. The number of aromatic nitrogens is 2. The van der Waals surface area contributed by atoms with Crippen molar-refractivity contribution in [2.75, 3.05) is 40.4 Å². The zero-order valence-corrected chi connectivity index (χ0v) is 15.6. The highest BCUT2D eigenvalue weighted by atomic mass is 16.5. The van der Waals surface area contributed by atoms with Crippen LogP contribution >= 0.6 is 0 Å². The molecule has 0 saturated carbocycles. The Bertz CT molecular complexity index is 816. The molecule has 2 heterocycles. The standard InChI is InChI=1S/C19H24N4O4/c1-22(9-10-27-2)12-17(24)23-8-7-15-16(11-23)21-18(20-15)13-3-5-14(6-4-13)19(25)26/h3-6H,7-12H2,1-2H3,(H,20,21)(H,25,26). The van der Waals surface area contributed by atoms with Crippen molar-refractivity contribution in [3.05, 3.63) is 41.2 Å². The van der Waals surface area contributed by atoms with Gasteiger partial charge in [0, 0.05) is 32.2 Å². The maximum absolute atomic E-state index is 12.5. The van der Waals surface area contributed by atoms with E-state index in [1.165, 1.54) is 0 Å². The summed E-state index contributed by atoms with van der Waals surface area (Å²) >= 11 is 0. The molecule has 1 aromatic heterocycles. The van der Waals surface area contributed by atoms with Crippen molar-refractivity contribution in [3.63, 3.8) is 0 Å². The van der Waals surface area contributed by atoms with Crippen molar-refractivity contribution in [1.82, 2.24) is 19.8 Å². The van der Waals surface area contributed by atoms with Gasteiger partial charge >= 0.3 is 5.97 Å². The average molecular weight is 372 g/mol. The number of nitrogens with zero attached hydrogens (tertiary/aromatic N) is 3. The monoisotopic (exact) mass is 372 g/mol. The lowest BCUT2D eigenvalue weighted by molar-refractivity contribution is -0.133. The van der Waals surface area contributed by atoms with Gasteiger partial charge in [0.25, 0.3) is 0 Å². The van der Waals surface area contributed by atoms with E-state index in [-0.39, 0.29) is 11.5 Å². The summed E-state index contributed by atoms with van der Waals surface area (Å²) in [6.45, 7) is 2.81. The summed E-state index contributed by atoms with van der Waals surface area (Å²) in [4.78, 5) is 35.2. The van der Waals surface area contributed by atoms with Crippen LogP contribution in [0.4, 0.5) is 0 Å². The highest BCUT2D eigenvalue weighted by Crippen LogP contribution is 2.23. The van der Waals surface area contributed by atoms with Crippen molar-refractivity contribution in [2.24, 2.45) is 0 Å². The number of carbonyl (C=O) groups excluding carboxylic acids is 1. The van der Waals surface area contributed by atoms with Crippen LogP contribution in [0.3, 0.4) is 0 Å². The van der Waals surface area contributed by atoms with Gasteiger partial charge in [0.05, 0.1) is 36.6 Å². The zero-order valence-electron chi connectivity index (χ0n) is 15.6. The van der Waals surface area contributed by atoms with E-state index in [0.29, 0.717) is 45.0 Å². The molecule has 1 aliphatic heterocycles. The van der Waals surface area contributed by atoms with Crippen LogP contribution in [-0.2, 0) is 22.5 Å². The predicted molar refractivity (Wildman–Crippen MR) is 99.5 cm³/mol. The number of amides is 1. The van der Waals surface area contributed by atoms with E-state index < -0.39 is 5.97 Å². The van der Waals surface area contributed by atoms with Crippen LogP contribution in [0.25, 0.3) is 11.4 Å². The number of nitrogens with one attached hydrogen (secondary N) is 1. The first-order valence-electron chi connectivity index (χ1n) is 8.84. The third-order valence-corrected chi connectivity index (χ3v) is 4.67. The Kier molecular flexibility index (Phi) is 5.88. The molecule has 1 aromatic carbocycles. The first-order chi connectivity index (χ1) is 13.0. The number of rotatable bonds is 7. The highest BCUT2D eigenvalue weighted by Gasteiger charge is 2.24. The van der Waals surface area contributed by atoms with Gasteiger partial charge in [-0.05, 0) is 19.2 Å². The van der Waals surface area contributed by atoms with Gasteiger partial charge in [0.2, 0.25) is 5.91 Å². The number of carbonyl (C=O) groups is 2. The van der Waals surface area contributed by atoms with Crippen LogP contribution in [0.1, 0.15) is 21.7 Å². The van der Waals surface area contributed by atoms with Crippen LogP contribution in [-0.4, -0.2) is 77.1 Å². The number of hydrogen-bond donors (Lipinski definition) is 2. The molecule has 0 spiro atoms. The van der Waals surface area contributed by atoms with E-state index in [2.05, 4.69) is 9.97 Å². The van der Waals surface area contributed by atoms with E-state index in [1.54, 1.807) is 31.4 Å². The molecule has 0 saturated heterocycles. The Morgan fingerprint density at radius 1 is 1.33 bits per heavy atom. The molecule has 144 valence electrons. The van der Waals surface area contributed by atoms with Crippen LogP contribution in [0.2, 0.25) is 0 Å². The maximum Gasteiger partial charge on any atom is 0.335 e. The predicted octanol–water partition coefficient (Wildman–Crippen LogP) is 1.24. The highest BCUT2D eigenvalue weighted by molar-refractivity contribution is 5.88. The lowest BCUT2D eigenvalue weighted by Gasteiger charge is -2.28. The number of fused-ring (bicyclic) bond motifs is 1. The molecule has 8 nitrogen and oxygen atoms in total. The summed E-state index contributed by atoms with van der Waals surface area (Å²) in [5, 5.41) is 9.00. The van der Waals surface area contributed by atoms with Gasteiger partial charge in [-0.15, -0.1) is 0 Å². The second kappa shape index (κ2) is 8.32. The fraction of sp³-hybridized carbons (Fsp3) is 0.421. The van der Waals surface area contributed by atoms with E-state index in [0.717, 1.165) is 17.0 Å². The third-order valence-electron chi connectivity index (χ3n) is 4.67. The molecule has 0 radical (unpaired) electrons. The smallest absolute Gasteiger partial charge is 0.335 e. The minimum atomic E-state index is -0.954.